The third kappa shape index (κ3) is 7.97. The number of carbonyl (C=O) groups excluding carboxylic acids is 2. The second kappa shape index (κ2) is 12.2. The van der Waals surface area contributed by atoms with Crippen molar-refractivity contribution in [3.05, 3.63) is 39.9 Å². The number of amides is 2. The lowest BCUT2D eigenvalue weighted by atomic mass is 10.2. The maximum absolute atomic E-state index is 12.5. The summed E-state index contributed by atoms with van der Waals surface area (Å²) in [6.07, 6.45) is 4.48. The monoisotopic (exact) mass is 441 g/mol. The highest BCUT2D eigenvalue weighted by atomic mass is 35.5. The zero-order valence-corrected chi connectivity index (χ0v) is 18.6. The third-order valence-corrected chi connectivity index (χ3v) is 5.65. The number of methoxy groups -OCH3 is 1. The molecule has 0 atom stereocenters. The molecule has 1 aromatic rings. The van der Waals surface area contributed by atoms with E-state index in [-0.39, 0.29) is 11.8 Å². The Morgan fingerprint density at radius 3 is 2.72 bits per heavy atom. The van der Waals surface area contributed by atoms with Gasteiger partial charge in [-0.15, -0.1) is 0 Å². The topological polar surface area (TPSA) is 53.1 Å². The normalized spacial score (nSPS) is 15.4. The maximum atomic E-state index is 12.5. The van der Waals surface area contributed by atoms with Crippen molar-refractivity contribution in [2.75, 3.05) is 60.0 Å². The fourth-order valence-electron chi connectivity index (χ4n) is 3.10. The van der Waals surface area contributed by atoms with E-state index in [1.165, 1.54) is 6.08 Å². The predicted molar refractivity (Wildman–Crippen MR) is 117 cm³/mol. The van der Waals surface area contributed by atoms with Gasteiger partial charge in [0.15, 0.2) is 0 Å². The fraction of sp³-hybridized carbons (Fsp3) is 0.524. The first-order chi connectivity index (χ1) is 13.9. The summed E-state index contributed by atoms with van der Waals surface area (Å²) in [4.78, 5) is 30.7. The Kier molecular flexibility index (Phi) is 9.94. The molecule has 0 aromatic heterocycles. The van der Waals surface area contributed by atoms with Gasteiger partial charge in [-0.1, -0.05) is 29.3 Å². The van der Waals surface area contributed by atoms with Crippen LogP contribution in [0.25, 0.3) is 6.08 Å². The highest BCUT2D eigenvalue weighted by Crippen LogP contribution is 2.23. The fourth-order valence-corrected chi connectivity index (χ4v) is 3.41. The van der Waals surface area contributed by atoms with Gasteiger partial charge in [0.1, 0.15) is 0 Å². The minimum Gasteiger partial charge on any atom is -0.383 e. The lowest BCUT2D eigenvalue weighted by Gasteiger charge is -2.23. The van der Waals surface area contributed by atoms with Crippen LogP contribution in [0.2, 0.25) is 10.0 Å². The molecule has 29 heavy (non-hydrogen) atoms. The smallest absolute Gasteiger partial charge is 0.246 e. The first kappa shape index (κ1) is 23.7. The van der Waals surface area contributed by atoms with Crippen molar-refractivity contribution in [1.29, 1.82) is 0 Å². The predicted octanol–water partition coefficient (Wildman–Crippen LogP) is 3.04. The van der Waals surface area contributed by atoms with Crippen molar-refractivity contribution < 1.29 is 14.3 Å². The van der Waals surface area contributed by atoms with Crippen LogP contribution in [0.15, 0.2) is 24.3 Å². The summed E-state index contributed by atoms with van der Waals surface area (Å²) >= 11 is 11.9. The Labute approximate surface area is 183 Å². The Morgan fingerprint density at radius 1 is 1.21 bits per heavy atom. The number of ether oxygens (including phenoxy) is 1. The number of hydrogen-bond acceptors (Lipinski definition) is 4. The maximum Gasteiger partial charge on any atom is 0.246 e. The van der Waals surface area contributed by atoms with Gasteiger partial charge < -0.3 is 19.4 Å². The lowest BCUT2D eigenvalue weighted by molar-refractivity contribution is -0.130. The molecule has 1 fully saturated rings. The standard InChI is InChI=1S/C21H29Cl2N3O3/c1-24(14-15-29-2)9-3-10-25-12-13-26(11-8-21(25)28)20(27)7-5-17-4-6-18(22)19(23)16-17/h4-7,16H,3,8-15H2,1-2H3. The van der Waals surface area contributed by atoms with Crippen LogP contribution in [-0.2, 0) is 14.3 Å². The van der Waals surface area contributed by atoms with Crippen LogP contribution in [0.3, 0.4) is 0 Å². The van der Waals surface area contributed by atoms with Gasteiger partial charge in [0.2, 0.25) is 11.8 Å². The van der Waals surface area contributed by atoms with E-state index in [9.17, 15) is 9.59 Å². The molecule has 0 unspecified atom stereocenters. The highest BCUT2D eigenvalue weighted by molar-refractivity contribution is 6.42. The van der Waals surface area contributed by atoms with Gasteiger partial charge in [-0.2, -0.15) is 0 Å². The number of halogens is 2. The first-order valence-electron chi connectivity index (χ1n) is 9.78. The van der Waals surface area contributed by atoms with Gasteiger partial charge in [-0.05, 0) is 43.8 Å². The Bertz CT molecular complexity index is 727. The second-order valence-corrected chi connectivity index (χ2v) is 7.93. The molecule has 0 saturated carbocycles. The van der Waals surface area contributed by atoms with Gasteiger partial charge in [0.25, 0.3) is 0 Å². The van der Waals surface area contributed by atoms with Crippen LogP contribution in [-0.4, -0.2) is 86.5 Å². The van der Waals surface area contributed by atoms with Crippen LogP contribution < -0.4 is 0 Å². The number of carbonyl (C=O) groups is 2. The molecule has 1 aliphatic heterocycles. The molecule has 1 aliphatic rings. The molecular formula is C21H29Cl2N3O3. The zero-order chi connectivity index (χ0) is 21.2. The minimum absolute atomic E-state index is 0.105. The molecule has 0 spiro atoms. The molecule has 0 N–H and O–H groups in total. The average Bonchev–Trinajstić information content (AvgIpc) is 2.89. The molecule has 0 aliphatic carbocycles. The van der Waals surface area contributed by atoms with Crippen molar-refractivity contribution in [3.8, 4) is 0 Å². The van der Waals surface area contributed by atoms with Crippen molar-refractivity contribution in [1.82, 2.24) is 14.7 Å². The van der Waals surface area contributed by atoms with Gasteiger partial charge >= 0.3 is 0 Å². The van der Waals surface area contributed by atoms with Gasteiger partial charge in [-0.3, -0.25) is 9.59 Å². The van der Waals surface area contributed by atoms with Crippen molar-refractivity contribution in [3.63, 3.8) is 0 Å². The molecular weight excluding hydrogens is 413 g/mol. The molecule has 1 aromatic carbocycles. The van der Waals surface area contributed by atoms with E-state index in [1.54, 1.807) is 36.3 Å². The summed E-state index contributed by atoms with van der Waals surface area (Å²) in [7, 11) is 3.74. The Balaban J connectivity index is 1.82. The van der Waals surface area contributed by atoms with Crippen LogP contribution in [0.4, 0.5) is 0 Å². The summed E-state index contributed by atoms with van der Waals surface area (Å²) in [5, 5.41) is 0.927. The number of rotatable bonds is 9. The summed E-state index contributed by atoms with van der Waals surface area (Å²) in [6.45, 7) is 4.72. The van der Waals surface area contributed by atoms with Gasteiger partial charge in [0, 0.05) is 52.3 Å². The van der Waals surface area contributed by atoms with Crippen molar-refractivity contribution in [2.45, 2.75) is 12.8 Å². The van der Waals surface area contributed by atoms with Crippen molar-refractivity contribution in [2.24, 2.45) is 0 Å². The average molecular weight is 442 g/mol. The van der Waals surface area contributed by atoms with Crippen LogP contribution in [0.5, 0.6) is 0 Å². The molecule has 1 saturated heterocycles. The van der Waals surface area contributed by atoms with E-state index in [4.69, 9.17) is 27.9 Å². The Hall–Kier alpha value is -1.60. The van der Waals surface area contributed by atoms with Gasteiger partial charge in [-0.25, -0.2) is 0 Å². The quantitative estimate of drug-likeness (QED) is 0.552. The van der Waals surface area contributed by atoms with E-state index in [0.29, 0.717) is 49.3 Å². The van der Waals surface area contributed by atoms with Crippen molar-refractivity contribution >= 4 is 41.1 Å². The van der Waals surface area contributed by atoms with Gasteiger partial charge in [0.05, 0.1) is 16.7 Å². The molecule has 1 heterocycles. The SMILES string of the molecule is COCCN(C)CCCN1CCN(C(=O)C=Cc2ccc(Cl)c(Cl)c2)CCC1=O. The molecule has 160 valence electrons. The zero-order valence-electron chi connectivity index (χ0n) is 17.1. The third-order valence-electron chi connectivity index (χ3n) is 4.91. The number of hydrogen-bond donors (Lipinski definition) is 0. The van der Waals surface area contributed by atoms with E-state index >= 15 is 0 Å². The number of benzene rings is 1. The first-order valence-corrected chi connectivity index (χ1v) is 10.5. The molecule has 6 nitrogen and oxygen atoms in total. The summed E-state index contributed by atoms with van der Waals surface area (Å²) < 4.78 is 5.07. The summed E-state index contributed by atoms with van der Waals surface area (Å²) in [5.74, 6) is -0.00155. The lowest BCUT2D eigenvalue weighted by Crippen LogP contribution is -2.36. The Morgan fingerprint density at radius 2 is 2.00 bits per heavy atom. The van der Waals surface area contributed by atoms with Crippen LogP contribution >= 0.6 is 23.2 Å². The number of likely N-dealkylation sites (N-methyl/N-ethyl adjacent to an activating group) is 1. The van der Waals surface area contributed by atoms with Crippen LogP contribution in [0.1, 0.15) is 18.4 Å². The molecule has 2 amide bonds. The van der Waals surface area contributed by atoms with E-state index in [0.717, 1.165) is 25.1 Å². The highest BCUT2D eigenvalue weighted by Gasteiger charge is 2.22. The molecule has 0 bridgehead atoms. The van der Waals surface area contributed by atoms with Crippen LogP contribution in [0, 0.1) is 0 Å². The molecule has 0 radical (unpaired) electrons. The largest absolute Gasteiger partial charge is 0.383 e. The summed E-state index contributed by atoms with van der Waals surface area (Å²) in [6, 6.07) is 5.21. The van der Waals surface area contributed by atoms with E-state index in [1.807, 2.05) is 11.9 Å². The second-order valence-electron chi connectivity index (χ2n) is 7.11. The summed E-state index contributed by atoms with van der Waals surface area (Å²) in [5.41, 5.74) is 0.804. The number of nitrogens with zero attached hydrogens (tertiary/aromatic N) is 3. The van der Waals surface area contributed by atoms with E-state index < -0.39 is 0 Å². The minimum atomic E-state index is -0.106. The molecule has 2 rings (SSSR count). The van der Waals surface area contributed by atoms with E-state index in [2.05, 4.69) is 4.90 Å². The molecule has 8 heteroatoms.